The first-order valence-corrected chi connectivity index (χ1v) is 12.0. The minimum absolute atomic E-state index is 0. The number of benzene rings is 2. The fourth-order valence-corrected chi connectivity index (χ4v) is 4.77. The standard InChI is InChI=1S/C24H33O8P.Li/c1-7-29-12-13-32-33(22-11-10-17(30-8-2)14-19(22)31-9-3)24(25)23-20(27-5)15-18(26-4)16-21(23)28-6;/h10-11,14-16H,7-9,12-13H2,1-6H3;. The smallest absolute Gasteiger partial charge is 0.223 e. The predicted octanol–water partition coefficient (Wildman–Crippen LogP) is 4.04. The maximum Gasteiger partial charge on any atom is 0.223 e. The van der Waals surface area contributed by atoms with Gasteiger partial charge in [0.1, 0.15) is 42.5 Å². The summed E-state index contributed by atoms with van der Waals surface area (Å²) in [4.78, 5) is 13.9. The van der Waals surface area contributed by atoms with Gasteiger partial charge in [-0.2, -0.15) is 0 Å². The third-order valence-corrected chi connectivity index (χ3v) is 6.37. The van der Waals surface area contributed by atoms with Gasteiger partial charge in [-0.25, -0.2) is 0 Å². The Morgan fingerprint density at radius 3 is 1.91 bits per heavy atom. The first kappa shape index (κ1) is 30.1. The summed E-state index contributed by atoms with van der Waals surface area (Å²) < 4.78 is 39.3. The molecule has 10 heteroatoms. The van der Waals surface area contributed by atoms with Crippen molar-refractivity contribution in [1.82, 2.24) is 0 Å². The van der Waals surface area contributed by atoms with Crippen LogP contribution in [0.15, 0.2) is 30.3 Å². The second-order valence-corrected chi connectivity index (χ2v) is 8.27. The number of hydrogen-bond donors (Lipinski definition) is 0. The molecule has 2 rings (SSSR count). The molecule has 0 bridgehead atoms. The topological polar surface area (TPSA) is 81.7 Å². The van der Waals surface area contributed by atoms with Crippen molar-refractivity contribution in [3.8, 4) is 28.7 Å². The van der Waals surface area contributed by atoms with Crippen LogP contribution in [0, 0.1) is 0 Å². The van der Waals surface area contributed by atoms with E-state index in [9.17, 15) is 4.79 Å². The largest absolute Gasteiger partial charge is 0.496 e. The van der Waals surface area contributed by atoms with Gasteiger partial charge in [-0.15, -0.1) is 0 Å². The number of methoxy groups -OCH3 is 3. The van der Waals surface area contributed by atoms with E-state index in [0.717, 1.165) is 0 Å². The van der Waals surface area contributed by atoms with E-state index in [1.807, 2.05) is 26.8 Å². The monoisotopic (exact) mass is 487 g/mol. The number of hydrogen-bond acceptors (Lipinski definition) is 8. The molecule has 0 saturated heterocycles. The molecule has 183 valence electrons. The van der Waals surface area contributed by atoms with Gasteiger partial charge in [0.15, 0.2) is 0 Å². The Balaban J connectivity index is 0.00000578. The van der Waals surface area contributed by atoms with Crippen LogP contribution >= 0.6 is 8.15 Å². The van der Waals surface area contributed by atoms with Crippen molar-refractivity contribution in [3.63, 3.8) is 0 Å². The van der Waals surface area contributed by atoms with Gasteiger partial charge < -0.3 is 32.9 Å². The second kappa shape index (κ2) is 15.9. The van der Waals surface area contributed by atoms with Gasteiger partial charge in [0.25, 0.3) is 0 Å². The molecule has 0 amide bonds. The van der Waals surface area contributed by atoms with E-state index in [1.54, 1.807) is 24.3 Å². The van der Waals surface area contributed by atoms with Crippen LogP contribution in [-0.4, -0.2) is 78.7 Å². The molecule has 34 heavy (non-hydrogen) atoms. The Kier molecular flexibility index (Phi) is 14.0. The maximum absolute atomic E-state index is 13.9. The van der Waals surface area contributed by atoms with Gasteiger partial charge in [0.2, 0.25) is 5.52 Å². The third kappa shape index (κ3) is 7.80. The Morgan fingerprint density at radius 2 is 1.38 bits per heavy atom. The molecule has 0 heterocycles. The molecule has 0 N–H and O–H groups in total. The fourth-order valence-electron chi connectivity index (χ4n) is 3.08. The molecule has 8 nitrogen and oxygen atoms in total. The van der Waals surface area contributed by atoms with Crippen molar-refractivity contribution in [2.45, 2.75) is 20.8 Å². The molecule has 0 aliphatic heterocycles. The predicted molar refractivity (Wildman–Crippen MR) is 134 cm³/mol. The summed E-state index contributed by atoms with van der Waals surface area (Å²) in [7, 11) is 2.70. The van der Waals surface area contributed by atoms with Crippen molar-refractivity contribution < 1.29 is 37.7 Å². The number of carbonyl (C=O) groups excluding carboxylic acids is 1. The van der Waals surface area contributed by atoms with E-state index in [0.29, 0.717) is 60.5 Å². The van der Waals surface area contributed by atoms with Gasteiger partial charge in [-0.3, -0.25) is 4.79 Å². The number of ether oxygens (including phenoxy) is 6. The molecule has 0 fully saturated rings. The fraction of sp³-hybridized carbons (Fsp3) is 0.458. The molecule has 1 unspecified atom stereocenters. The van der Waals surface area contributed by atoms with E-state index >= 15 is 0 Å². The zero-order valence-corrected chi connectivity index (χ0v) is 22.0. The number of carbonyl (C=O) groups is 1. The van der Waals surface area contributed by atoms with Gasteiger partial charge in [0.05, 0.1) is 53.1 Å². The van der Waals surface area contributed by atoms with E-state index in [-0.39, 0.29) is 36.6 Å². The molecular weight excluding hydrogens is 454 g/mol. The van der Waals surface area contributed by atoms with E-state index in [1.165, 1.54) is 21.3 Å². The Hall–Kier alpha value is -1.94. The van der Waals surface area contributed by atoms with Gasteiger partial charge in [0, 0.05) is 43.7 Å². The minimum Gasteiger partial charge on any atom is -0.496 e. The summed E-state index contributed by atoms with van der Waals surface area (Å²) in [5, 5.41) is 0.636. The van der Waals surface area contributed by atoms with Gasteiger partial charge in [-0.05, 0) is 32.9 Å². The first-order valence-electron chi connectivity index (χ1n) is 10.8. The van der Waals surface area contributed by atoms with E-state index < -0.39 is 8.15 Å². The molecule has 0 aromatic heterocycles. The average Bonchev–Trinajstić information content (AvgIpc) is 2.83. The van der Waals surface area contributed by atoms with Crippen LogP contribution in [0.4, 0.5) is 0 Å². The quantitative estimate of drug-likeness (QED) is 0.212. The summed E-state index contributed by atoms with van der Waals surface area (Å²) >= 11 is 0. The molecule has 2 aromatic rings. The molecule has 0 aliphatic carbocycles. The van der Waals surface area contributed by atoms with E-state index in [4.69, 9.17) is 32.9 Å². The van der Waals surface area contributed by atoms with E-state index in [2.05, 4.69) is 0 Å². The minimum atomic E-state index is -1.82. The van der Waals surface area contributed by atoms with Crippen LogP contribution in [0.25, 0.3) is 0 Å². The normalized spacial score (nSPS) is 11.2. The maximum atomic E-state index is 13.9. The summed E-state index contributed by atoms with van der Waals surface area (Å²) in [5.74, 6) is 2.37. The van der Waals surface area contributed by atoms with Crippen LogP contribution in [0.2, 0.25) is 0 Å². The SMILES string of the molecule is CCOCCOP(C(=O)c1c(OC)cc(OC)cc1OC)c1ccc(OCC)cc1OCC.[Li]. The molecule has 0 aliphatic rings. The van der Waals surface area contributed by atoms with Crippen molar-refractivity contribution in [3.05, 3.63) is 35.9 Å². The average molecular weight is 487 g/mol. The van der Waals surface area contributed by atoms with Crippen LogP contribution < -0.4 is 29.0 Å². The molecule has 1 radical (unpaired) electrons. The van der Waals surface area contributed by atoms with Crippen LogP contribution in [0.5, 0.6) is 28.7 Å². The van der Waals surface area contributed by atoms with Gasteiger partial charge in [-0.1, -0.05) is 0 Å². The Labute approximate surface area is 215 Å². The third-order valence-electron chi connectivity index (χ3n) is 4.53. The molecular formula is C24H33LiO8P. The van der Waals surface area contributed by atoms with Crippen LogP contribution in [0.1, 0.15) is 31.1 Å². The summed E-state index contributed by atoms with van der Waals surface area (Å²) in [6.45, 7) is 7.79. The summed E-state index contributed by atoms with van der Waals surface area (Å²) in [6.07, 6.45) is 0. The zero-order chi connectivity index (χ0) is 24.2. The van der Waals surface area contributed by atoms with Gasteiger partial charge >= 0.3 is 0 Å². The van der Waals surface area contributed by atoms with Crippen molar-refractivity contribution in [2.75, 3.05) is 54.4 Å². The number of rotatable bonds is 15. The molecule has 2 aromatic carbocycles. The van der Waals surface area contributed by atoms with Crippen molar-refractivity contribution >= 4 is 37.8 Å². The molecule has 0 saturated carbocycles. The molecule has 1 atom stereocenters. The second-order valence-electron chi connectivity index (χ2n) is 6.53. The zero-order valence-electron chi connectivity index (χ0n) is 21.1. The molecule has 0 spiro atoms. The Morgan fingerprint density at radius 1 is 0.765 bits per heavy atom. The van der Waals surface area contributed by atoms with Crippen LogP contribution in [0.3, 0.4) is 0 Å². The van der Waals surface area contributed by atoms with Crippen molar-refractivity contribution in [1.29, 1.82) is 0 Å². The Bertz CT molecular complexity index is 884. The first-order chi connectivity index (χ1) is 16.0. The summed E-state index contributed by atoms with van der Waals surface area (Å²) in [5.41, 5.74) is 0.00242. The van der Waals surface area contributed by atoms with Crippen molar-refractivity contribution in [2.24, 2.45) is 0 Å². The van der Waals surface area contributed by atoms with Crippen LogP contribution in [-0.2, 0) is 9.26 Å². The summed E-state index contributed by atoms with van der Waals surface area (Å²) in [6, 6.07) is 8.68.